The highest BCUT2D eigenvalue weighted by Gasteiger charge is 2.23. The van der Waals surface area contributed by atoms with Gasteiger partial charge >= 0.3 is 6.03 Å². The topological polar surface area (TPSA) is 57.7 Å². The number of carbonyl (C=O) groups excluding carboxylic acids is 1. The maximum Gasteiger partial charge on any atom is 0.323 e. The molecule has 1 N–H and O–H groups in total. The molecule has 2 aromatic carbocycles. The van der Waals surface area contributed by atoms with Crippen molar-refractivity contribution in [1.29, 1.82) is 0 Å². The molecule has 0 aliphatic carbocycles. The van der Waals surface area contributed by atoms with Crippen LogP contribution in [-0.2, 0) is 0 Å². The number of carbonyl (C=O) groups is 1. The predicted octanol–water partition coefficient (Wildman–Crippen LogP) is 4.56. The van der Waals surface area contributed by atoms with Gasteiger partial charge < -0.3 is 14.5 Å². The Labute approximate surface area is 174 Å². The number of nitrogens with one attached hydrogen (secondary N) is 1. The molecule has 0 atom stereocenters. The van der Waals surface area contributed by atoms with Gasteiger partial charge in [0.1, 0.15) is 5.75 Å². The van der Waals surface area contributed by atoms with Gasteiger partial charge in [0.25, 0.3) is 0 Å². The molecule has 0 saturated carbocycles. The van der Waals surface area contributed by atoms with Crippen LogP contribution in [-0.4, -0.2) is 48.7 Å². The van der Waals surface area contributed by atoms with Gasteiger partial charge in [-0.1, -0.05) is 42.5 Å². The summed E-state index contributed by atoms with van der Waals surface area (Å²) in [5, 5.41) is 5.53. The molecule has 1 saturated heterocycles. The van der Waals surface area contributed by atoms with Gasteiger partial charge in [-0.15, -0.1) is 11.3 Å². The van der Waals surface area contributed by atoms with Crippen LogP contribution in [0.4, 0.5) is 15.6 Å². The Bertz CT molecular complexity index is 952. The number of nitrogens with zero attached hydrogens (tertiary/aromatic N) is 3. The van der Waals surface area contributed by atoms with Crippen molar-refractivity contribution in [2.75, 3.05) is 43.0 Å². The van der Waals surface area contributed by atoms with E-state index in [4.69, 9.17) is 4.74 Å². The average molecular weight is 409 g/mol. The van der Waals surface area contributed by atoms with E-state index in [9.17, 15) is 4.79 Å². The first-order chi connectivity index (χ1) is 14.2. The number of hydrogen-bond acceptors (Lipinski definition) is 5. The van der Waals surface area contributed by atoms with E-state index in [2.05, 4.69) is 21.3 Å². The van der Waals surface area contributed by atoms with E-state index >= 15 is 0 Å². The molecule has 2 amide bonds. The van der Waals surface area contributed by atoms with Gasteiger partial charge in [0.05, 0.1) is 18.0 Å². The highest BCUT2D eigenvalue weighted by molar-refractivity contribution is 7.14. The maximum atomic E-state index is 12.7. The summed E-state index contributed by atoms with van der Waals surface area (Å²) in [4.78, 5) is 21.3. The zero-order valence-corrected chi connectivity index (χ0v) is 17.2. The fraction of sp³-hybridized carbons (Fsp3) is 0.273. The Morgan fingerprint density at radius 1 is 1.07 bits per heavy atom. The number of rotatable bonds is 5. The second-order valence-electron chi connectivity index (χ2n) is 6.71. The largest absolute Gasteiger partial charge is 0.492 e. The Morgan fingerprint density at radius 2 is 1.79 bits per heavy atom. The summed E-state index contributed by atoms with van der Waals surface area (Å²) >= 11 is 1.44. The molecule has 1 fully saturated rings. The first-order valence-corrected chi connectivity index (χ1v) is 10.7. The number of urea groups is 1. The lowest BCUT2D eigenvalue weighted by Crippen LogP contribution is -2.50. The average Bonchev–Trinajstić information content (AvgIpc) is 3.24. The van der Waals surface area contributed by atoms with Gasteiger partial charge in [-0.05, 0) is 19.1 Å². The van der Waals surface area contributed by atoms with Gasteiger partial charge in [0.2, 0.25) is 0 Å². The lowest BCUT2D eigenvalue weighted by molar-refractivity contribution is 0.208. The number of para-hydroxylation sites is 2. The quantitative estimate of drug-likeness (QED) is 0.672. The predicted molar refractivity (Wildman–Crippen MR) is 118 cm³/mol. The van der Waals surface area contributed by atoms with Gasteiger partial charge in [0, 0.05) is 37.1 Å². The molecule has 0 unspecified atom stereocenters. The number of benzene rings is 2. The molecule has 0 bridgehead atoms. The van der Waals surface area contributed by atoms with Crippen LogP contribution in [0.15, 0.2) is 60.0 Å². The van der Waals surface area contributed by atoms with Crippen molar-refractivity contribution in [1.82, 2.24) is 9.88 Å². The molecule has 0 radical (unpaired) electrons. The molecule has 6 nitrogen and oxygen atoms in total. The van der Waals surface area contributed by atoms with Crippen LogP contribution in [0.3, 0.4) is 0 Å². The summed E-state index contributed by atoms with van der Waals surface area (Å²) in [6, 6.07) is 17.9. The lowest BCUT2D eigenvalue weighted by atomic mass is 10.2. The third kappa shape index (κ3) is 4.51. The van der Waals surface area contributed by atoms with Crippen molar-refractivity contribution in [3.05, 3.63) is 60.0 Å². The molecular formula is C22H24N4O2S. The minimum Gasteiger partial charge on any atom is -0.492 e. The van der Waals surface area contributed by atoms with Crippen LogP contribution in [0.25, 0.3) is 11.3 Å². The summed E-state index contributed by atoms with van der Waals surface area (Å²) in [7, 11) is 0. The van der Waals surface area contributed by atoms with E-state index in [1.807, 2.05) is 65.7 Å². The molecule has 2 heterocycles. The number of piperazine rings is 1. The highest BCUT2D eigenvalue weighted by atomic mass is 32.1. The zero-order valence-electron chi connectivity index (χ0n) is 16.4. The minimum absolute atomic E-state index is 0.100. The SMILES string of the molecule is CCOc1ccccc1N1CCN(C(=O)Nc2nc(-c3ccccc3)cs2)CC1. The molecule has 1 aliphatic heterocycles. The van der Waals surface area contributed by atoms with Crippen molar-refractivity contribution < 1.29 is 9.53 Å². The summed E-state index contributed by atoms with van der Waals surface area (Å²) in [5.41, 5.74) is 3.01. The second kappa shape index (κ2) is 8.96. The van der Waals surface area contributed by atoms with E-state index in [-0.39, 0.29) is 6.03 Å². The summed E-state index contributed by atoms with van der Waals surface area (Å²) in [6.07, 6.45) is 0. The van der Waals surface area contributed by atoms with E-state index in [0.717, 1.165) is 35.8 Å². The van der Waals surface area contributed by atoms with E-state index < -0.39 is 0 Å². The van der Waals surface area contributed by atoms with Crippen LogP contribution in [0.5, 0.6) is 5.75 Å². The molecular weight excluding hydrogens is 384 g/mol. The normalized spacial score (nSPS) is 14.0. The first-order valence-electron chi connectivity index (χ1n) is 9.78. The molecule has 29 heavy (non-hydrogen) atoms. The molecule has 1 aromatic heterocycles. The Kier molecular flexibility index (Phi) is 5.95. The number of amides is 2. The first kappa shape index (κ1) is 19.3. The summed E-state index contributed by atoms with van der Waals surface area (Å²) in [6.45, 7) is 5.47. The zero-order chi connectivity index (χ0) is 20.1. The van der Waals surface area contributed by atoms with Crippen LogP contribution in [0, 0.1) is 0 Å². The van der Waals surface area contributed by atoms with Crippen molar-refractivity contribution in [3.8, 4) is 17.0 Å². The van der Waals surface area contributed by atoms with Crippen LogP contribution < -0.4 is 15.0 Å². The third-order valence-electron chi connectivity index (χ3n) is 4.86. The number of thiazole rings is 1. The van der Waals surface area contributed by atoms with E-state index in [1.54, 1.807) is 0 Å². The number of anilines is 2. The molecule has 1 aliphatic rings. The van der Waals surface area contributed by atoms with Crippen molar-refractivity contribution in [2.24, 2.45) is 0 Å². The monoisotopic (exact) mass is 408 g/mol. The molecule has 3 aromatic rings. The number of ether oxygens (including phenoxy) is 1. The standard InChI is InChI=1S/C22H24N4O2S/c1-2-28-20-11-7-6-10-19(20)25-12-14-26(15-13-25)22(27)24-21-23-18(16-29-21)17-8-4-3-5-9-17/h3-11,16H,2,12-15H2,1H3,(H,23,24,27). The van der Waals surface area contributed by atoms with Crippen LogP contribution in [0.2, 0.25) is 0 Å². The number of aromatic nitrogens is 1. The number of hydrogen-bond donors (Lipinski definition) is 1. The van der Waals surface area contributed by atoms with Gasteiger partial charge in [-0.3, -0.25) is 5.32 Å². The fourth-order valence-corrected chi connectivity index (χ4v) is 4.10. The summed E-state index contributed by atoms with van der Waals surface area (Å²) < 4.78 is 5.74. The molecule has 0 spiro atoms. The Morgan fingerprint density at radius 3 is 2.55 bits per heavy atom. The van der Waals surface area contributed by atoms with Gasteiger partial charge in [0.15, 0.2) is 5.13 Å². The molecule has 4 rings (SSSR count). The van der Waals surface area contributed by atoms with Crippen molar-refractivity contribution >= 4 is 28.2 Å². The third-order valence-corrected chi connectivity index (χ3v) is 5.62. The van der Waals surface area contributed by atoms with E-state index in [0.29, 0.717) is 24.8 Å². The second-order valence-corrected chi connectivity index (χ2v) is 7.57. The smallest absolute Gasteiger partial charge is 0.323 e. The van der Waals surface area contributed by atoms with E-state index in [1.165, 1.54) is 11.3 Å². The van der Waals surface area contributed by atoms with Crippen molar-refractivity contribution in [3.63, 3.8) is 0 Å². The minimum atomic E-state index is -0.100. The molecule has 7 heteroatoms. The van der Waals surface area contributed by atoms with Crippen molar-refractivity contribution in [2.45, 2.75) is 6.92 Å². The van der Waals surface area contributed by atoms with Gasteiger partial charge in [-0.2, -0.15) is 0 Å². The molecule has 150 valence electrons. The lowest BCUT2D eigenvalue weighted by Gasteiger charge is -2.36. The van der Waals surface area contributed by atoms with Crippen LogP contribution in [0.1, 0.15) is 6.92 Å². The maximum absolute atomic E-state index is 12.7. The summed E-state index contributed by atoms with van der Waals surface area (Å²) in [5.74, 6) is 0.893. The van der Waals surface area contributed by atoms with Gasteiger partial charge in [-0.25, -0.2) is 9.78 Å². The fourth-order valence-electron chi connectivity index (χ4n) is 3.39. The highest BCUT2D eigenvalue weighted by Crippen LogP contribution is 2.29. The Balaban J connectivity index is 1.35. The Hall–Kier alpha value is -3.06. The van der Waals surface area contributed by atoms with Crippen LogP contribution >= 0.6 is 11.3 Å².